The molecule has 0 radical (unpaired) electrons. The molecule has 0 heterocycles. The SMILES string of the molecule is CCCC(OCC)C(N)Cc1cc(F)ccc1Br. The molecular weight excluding hydrogens is 297 g/mol. The highest BCUT2D eigenvalue weighted by atomic mass is 79.9. The number of rotatable bonds is 7. The third-order valence-electron chi connectivity index (χ3n) is 2.89. The largest absolute Gasteiger partial charge is 0.377 e. The molecule has 2 nitrogen and oxygen atoms in total. The van der Waals surface area contributed by atoms with Gasteiger partial charge in [-0.15, -0.1) is 0 Å². The van der Waals surface area contributed by atoms with Gasteiger partial charge < -0.3 is 10.5 Å². The lowest BCUT2D eigenvalue weighted by Gasteiger charge is -2.24. The lowest BCUT2D eigenvalue weighted by atomic mass is 9.99. The van der Waals surface area contributed by atoms with Gasteiger partial charge in [-0.2, -0.15) is 0 Å². The average molecular weight is 318 g/mol. The molecule has 0 saturated carbocycles. The van der Waals surface area contributed by atoms with E-state index in [1.165, 1.54) is 12.1 Å². The second-order valence-electron chi connectivity index (χ2n) is 4.39. The third kappa shape index (κ3) is 4.67. The monoisotopic (exact) mass is 317 g/mol. The van der Waals surface area contributed by atoms with Crippen LogP contribution in [-0.2, 0) is 11.2 Å². The quantitative estimate of drug-likeness (QED) is 0.833. The minimum absolute atomic E-state index is 0.0372. The van der Waals surface area contributed by atoms with Crippen LogP contribution in [0.15, 0.2) is 22.7 Å². The van der Waals surface area contributed by atoms with Crippen LogP contribution in [0.3, 0.4) is 0 Å². The number of ether oxygens (including phenoxy) is 1. The highest BCUT2D eigenvalue weighted by molar-refractivity contribution is 9.10. The second-order valence-corrected chi connectivity index (χ2v) is 5.24. The van der Waals surface area contributed by atoms with Crippen molar-refractivity contribution >= 4 is 15.9 Å². The van der Waals surface area contributed by atoms with E-state index < -0.39 is 0 Å². The molecule has 2 unspecified atom stereocenters. The summed E-state index contributed by atoms with van der Waals surface area (Å²) in [5.41, 5.74) is 7.06. The topological polar surface area (TPSA) is 35.2 Å². The Hall–Kier alpha value is -0.450. The van der Waals surface area contributed by atoms with Crippen molar-refractivity contribution in [2.75, 3.05) is 6.61 Å². The smallest absolute Gasteiger partial charge is 0.123 e. The molecule has 18 heavy (non-hydrogen) atoms. The summed E-state index contributed by atoms with van der Waals surface area (Å²) in [5.74, 6) is -0.233. The van der Waals surface area contributed by atoms with Gasteiger partial charge in [0.1, 0.15) is 5.82 Å². The van der Waals surface area contributed by atoms with Gasteiger partial charge in [-0.25, -0.2) is 4.39 Å². The molecule has 0 bridgehead atoms. The molecule has 0 fully saturated rings. The Morgan fingerprint density at radius 3 is 2.72 bits per heavy atom. The second kappa shape index (κ2) is 7.87. The first-order valence-corrected chi connectivity index (χ1v) is 7.18. The fourth-order valence-corrected chi connectivity index (χ4v) is 2.41. The first-order valence-electron chi connectivity index (χ1n) is 6.39. The summed E-state index contributed by atoms with van der Waals surface area (Å²) in [6.07, 6.45) is 2.61. The Morgan fingerprint density at radius 2 is 2.11 bits per heavy atom. The van der Waals surface area contributed by atoms with Crippen molar-refractivity contribution in [1.82, 2.24) is 0 Å². The first kappa shape index (κ1) is 15.6. The molecular formula is C14H21BrFNO. The molecule has 0 spiro atoms. The molecule has 0 aliphatic rings. The third-order valence-corrected chi connectivity index (χ3v) is 3.67. The van der Waals surface area contributed by atoms with Crippen molar-refractivity contribution in [2.45, 2.75) is 45.3 Å². The number of benzene rings is 1. The highest BCUT2D eigenvalue weighted by Crippen LogP contribution is 2.21. The molecule has 0 aliphatic carbocycles. The molecule has 4 heteroatoms. The van der Waals surface area contributed by atoms with Gasteiger partial charge in [0, 0.05) is 17.1 Å². The van der Waals surface area contributed by atoms with Crippen LogP contribution >= 0.6 is 15.9 Å². The minimum atomic E-state index is -0.233. The Labute approximate surface area is 117 Å². The summed E-state index contributed by atoms with van der Waals surface area (Å²) < 4.78 is 19.7. The van der Waals surface area contributed by atoms with Gasteiger partial charge >= 0.3 is 0 Å². The van der Waals surface area contributed by atoms with Crippen LogP contribution < -0.4 is 5.73 Å². The van der Waals surface area contributed by atoms with E-state index in [9.17, 15) is 4.39 Å². The molecule has 0 amide bonds. The van der Waals surface area contributed by atoms with Gasteiger partial charge in [0.25, 0.3) is 0 Å². The zero-order chi connectivity index (χ0) is 13.5. The van der Waals surface area contributed by atoms with Gasteiger partial charge in [0.2, 0.25) is 0 Å². The van der Waals surface area contributed by atoms with Crippen LogP contribution in [0.2, 0.25) is 0 Å². The Morgan fingerprint density at radius 1 is 1.39 bits per heavy atom. The molecule has 1 aromatic rings. The fraction of sp³-hybridized carbons (Fsp3) is 0.571. The van der Waals surface area contributed by atoms with Crippen molar-refractivity contribution in [2.24, 2.45) is 5.73 Å². The Kier molecular flexibility index (Phi) is 6.82. The van der Waals surface area contributed by atoms with Crippen LogP contribution in [0.4, 0.5) is 4.39 Å². The van der Waals surface area contributed by atoms with Crippen LogP contribution in [-0.4, -0.2) is 18.8 Å². The predicted octanol–water partition coefficient (Wildman–Crippen LogP) is 3.66. The van der Waals surface area contributed by atoms with Crippen LogP contribution in [0.5, 0.6) is 0 Å². The summed E-state index contributed by atoms with van der Waals surface area (Å²) in [6.45, 7) is 4.73. The van der Waals surface area contributed by atoms with Crippen LogP contribution in [0.1, 0.15) is 32.3 Å². The predicted molar refractivity (Wildman–Crippen MR) is 76.1 cm³/mol. The molecule has 0 aliphatic heterocycles. The average Bonchev–Trinajstić information content (AvgIpc) is 2.33. The molecule has 0 saturated heterocycles. The highest BCUT2D eigenvalue weighted by Gasteiger charge is 2.18. The lowest BCUT2D eigenvalue weighted by molar-refractivity contribution is 0.0378. The van der Waals surface area contributed by atoms with E-state index in [2.05, 4.69) is 22.9 Å². The van der Waals surface area contributed by atoms with E-state index in [0.717, 1.165) is 22.9 Å². The van der Waals surface area contributed by atoms with Crippen LogP contribution in [0.25, 0.3) is 0 Å². The van der Waals surface area contributed by atoms with E-state index in [-0.39, 0.29) is 18.0 Å². The normalized spacial score (nSPS) is 14.5. The number of hydrogen-bond acceptors (Lipinski definition) is 2. The first-order chi connectivity index (χ1) is 8.58. The van der Waals surface area contributed by atoms with E-state index in [1.54, 1.807) is 6.07 Å². The van der Waals surface area contributed by atoms with Crippen LogP contribution in [0, 0.1) is 5.82 Å². The zero-order valence-electron chi connectivity index (χ0n) is 11.0. The molecule has 102 valence electrons. The van der Waals surface area contributed by atoms with E-state index in [4.69, 9.17) is 10.5 Å². The fourth-order valence-electron chi connectivity index (χ4n) is 2.00. The van der Waals surface area contributed by atoms with Gasteiger partial charge in [0.15, 0.2) is 0 Å². The summed E-state index contributed by atoms with van der Waals surface area (Å²) in [4.78, 5) is 0. The number of hydrogen-bond donors (Lipinski definition) is 1. The molecule has 2 N–H and O–H groups in total. The number of halogens is 2. The Bertz CT molecular complexity index is 367. The molecule has 2 atom stereocenters. The lowest BCUT2D eigenvalue weighted by Crippen LogP contribution is -2.38. The molecule has 1 aromatic carbocycles. The maximum atomic E-state index is 13.2. The van der Waals surface area contributed by atoms with Crippen molar-refractivity contribution in [1.29, 1.82) is 0 Å². The summed E-state index contributed by atoms with van der Waals surface area (Å²) in [5, 5.41) is 0. The van der Waals surface area contributed by atoms with Gasteiger partial charge in [-0.1, -0.05) is 29.3 Å². The van der Waals surface area contributed by atoms with Gasteiger partial charge in [-0.3, -0.25) is 0 Å². The van der Waals surface area contributed by atoms with Crippen molar-refractivity contribution in [3.63, 3.8) is 0 Å². The van der Waals surface area contributed by atoms with Gasteiger partial charge in [-0.05, 0) is 43.5 Å². The molecule has 0 aromatic heterocycles. The number of nitrogens with two attached hydrogens (primary N) is 1. The van der Waals surface area contributed by atoms with E-state index >= 15 is 0 Å². The standard InChI is InChI=1S/C14H21BrFNO/c1-3-5-14(18-4-2)13(17)9-10-8-11(16)6-7-12(10)15/h6-8,13-14H,3-5,9,17H2,1-2H3. The maximum absolute atomic E-state index is 13.2. The maximum Gasteiger partial charge on any atom is 0.123 e. The summed E-state index contributed by atoms with van der Waals surface area (Å²) in [6, 6.07) is 4.57. The van der Waals surface area contributed by atoms with Crippen molar-refractivity contribution in [3.05, 3.63) is 34.1 Å². The molecule has 1 rings (SSSR count). The van der Waals surface area contributed by atoms with Gasteiger partial charge in [0.05, 0.1) is 6.10 Å². The van der Waals surface area contributed by atoms with Crippen molar-refractivity contribution in [3.8, 4) is 0 Å². The minimum Gasteiger partial charge on any atom is -0.377 e. The van der Waals surface area contributed by atoms with Crippen molar-refractivity contribution < 1.29 is 9.13 Å². The van der Waals surface area contributed by atoms with E-state index in [1.807, 2.05) is 6.92 Å². The summed E-state index contributed by atoms with van der Waals surface area (Å²) >= 11 is 3.42. The zero-order valence-corrected chi connectivity index (χ0v) is 12.5. The Balaban J connectivity index is 2.71. The van der Waals surface area contributed by atoms with E-state index in [0.29, 0.717) is 13.0 Å². The summed E-state index contributed by atoms with van der Waals surface area (Å²) in [7, 11) is 0.